The van der Waals surface area contributed by atoms with E-state index in [-0.39, 0.29) is 11.4 Å². The lowest BCUT2D eigenvalue weighted by Crippen LogP contribution is -2.30. The van der Waals surface area contributed by atoms with Gasteiger partial charge in [-0.2, -0.15) is 0 Å². The molecule has 1 heterocycles. The molecular weight excluding hydrogens is 484 g/mol. The molecule has 0 unspecified atom stereocenters. The highest BCUT2D eigenvalue weighted by Crippen LogP contribution is 2.39. The van der Waals surface area contributed by atoms with Crippen LogP contribution in [0.1, 0.15) is 25.0 Å². The van der Waals surface area contributed by atoms with Crippen LogP contribution in [0.3, 0.4) is 0 Å². The highest BCUT2D eigenvalue weighted by atomic mass is 79.9. The minimum absolute atomic E-state index is 0.173. The van der Waals surface area contributed by atoms with E-state index in [0.29, 0.717) is 27.5 Å². The summed E-state index contributed by atoms with van der Waals surface area (Å²) in [5, 5.41) is 15.1. The number of carboxylic acid groups (broad SMARTS) is 1. The van der Waals surface area contributed by atoms with Crippen molar-refractivity contribution in [2.24, 2.45) is 0 Å². The van der Waals surface area contributed by atoms with Gasteiger partial charge < -0.3 is 25.2 Å². The Morgan fingerprint density at radius 1 is 1.26 bits per heavy atom. The van der Waals surface area contributed by atoms with E-state index in [0.717, 1.165) is 17.7 Å². The van der Waals surface area contributed by atoms with Gasteiger partial charge in [0.15, 0.2) is 23.6 Å². The molecule has 0 spiro atoms. The Labute approximate surface area is 193 Å². The minimum atomic E-state index is -1.08. The van der Waals surface area contributed by atoms with Crippen LogP contribution in [-0.2, 0) is 16.0 Å². The fourth-order valence-corrected chi connectivity index (χ4v) is 4.47. The van der Waals surface area contributed by atoms with Gasteiger partial charge in [0.05, 0.1) is 16.0 Å². The van der Waals surface area contributed by atoms with E-state index in [9.17, 15) is 9.59 Å². The maximum Gasteiger partial charge on any atom is 0.341 e. The van der Waals surface area contributed by atoms with Gasteiger partial charge in [0, 0.05) is 5.69 Å². The van der Waals surface area contributed by atoms with Crippen LogP contribution >= 0.6 is 27.7 Å². The number of rotatable bonds is 9. The topological polar surface area (TPSA) is 96.9 Å². The summed E-state index contributed by atoms with van der Waals surface area (Å²) in [6.45, 7) is 3.83. The number of carbonyl (C=O) groups excluding carboxylic acids is 1. The summed E-state index contributed by atoms with van der Waals surface area (Å²) in [6, 6.07) is 11.6. The van der Waals surface area contributed by atoms with Crippen LogP contribution in [0.25, 0.3) is 6.08 Å². The molecule has 164 valence electrons. The van der Waals surface area contributed by atoms with E-state index < -0.39 is 12.6 Å². The van der Waals surface area contributed by atoms with Gasteiger partial charge in [0.25, 0.3) is 5.91 Å². The van der Waals surface area contributed by atoms with Crippen LogP contribution in [0.2, 0.25) is 0 Å². The minimum Gasteiger partial charge on any atom is -0.490 e. The molecular formula is C22H23BrN2O5S. The highest BCUT2D eigenvalue weighted by Gasteiger charge is 2.27. The monoisotopic (exact) mass is 506 g/mol. The van der Waals surface area contributed by atoms with Crippen molar-refractivity contribution in [1.82, 2.24) is 5.32 Å². The van der Waals surface area contributed by atoms with Crippen LogP contribution in [0.4, 0.5) is 5.69 Å². The summed E-state index contributed by atoms with van der Waals surface area (Å²) < 4.78 is 11.5. The van der Waals surface area contributed by atoms with E-state index >= 15 is 0 Å². The van der Waals surface area contributed by atoms with Crippen molar-refractivity contribution < 1.29 is 24.2 Å². The Balaban J connectivity index is 1.76. The van der Waals surface area contributed by atoms with Gasteiger partial charge in [-0.25, -0.2) is 4.79 Å². The van der Waals surface area contributed by atoms with Crippen molar-refractivity contribution >= 4 is 51.3 Å². The van der Waals surface area contributed by atoms with Gasteiger partial charge in [0.1, 0.15) is 0 Å². The van der Waals surface area contributed by atoms with Crippen molar-refractivity contribution in [3.05, 3.63) is 56.9 Å². The fraction of sp³-hybridized carbons (Fsp3) is 0.273. The third kappa shape index (κ3) is 6.18. The number of aryl methyl sites for hydroxylation is 1. The SMILES string of the molecule is CCOc1cc(/C=C2\S[C@H](Nc3ccc(CC)cc3)NC2=O)cc(Br)c1OCC(=O)O. The highest BCUT2D eigenvalue weighted by molar-refractivity contribution is 9.10. The normalized spacial score (nSPS) is 16.8. The number of carboxylic acids is 1. The zero-order valence-electron chi connectivity index (χ0n) is 17.1. The Kier molecular flexibility index (Phi) is 7.86. The number of nitrogens with one attached hydrogen (secondary N) is 2. The molecule has 7 nitrogen and oxygen atoms in total. The van der Waals surface area contributed by atoms with E-state index in [2.05, 4.69) is 45.6 Å². The number of ether oxygens (including phenoxy) is 2. The number of carbonyl (C=O) groups is 2. The Morgan fingerprint density at radius 3 is 2.65 bits per heavy atom. The molecule has 1 fully saturated rings. The van der Waals surface area contributed by atoms with Crippen LogP contribution in [0.15, 0.2) is 45.8 Å². The fourth-order valence-electron chi connectivity index (χ4n) is 2.91. The van der Waals surface area contributed by atoms with Gasteiger partial charge in [-0.3, -0.25) is 4.79 Å². The lowest BCUT2D eigenvalue weighted by atomic mass is 10.1. The van der Waals surface area contributed by atoms with Crippen molar-refractivity contribution in [1.29, 1.82) is 0 Å². The number of amides is 1. The summed E-state index contributed by atoms with van der Waals surface area (Å²) in [4.78, 5) is 23.8. The van der Waals surface area contributed by atoms with Crippen LogP contribution < -0.4 is 20.1 Å². The number of hydrogen-bond acceptors (Lipinski definition) is 6. The molecule has 31 heavy (non-hydrogen) atoms. The van der Waals surface area contributed by atoms with E-state index in [1.807, 2.05) is 19.1 Å². The zero-order chi connectivity index (χ0) is 22.4. The first-order valence-electron chi connectivity index (χ1n) is 9.75. The second-order valence-corrected chi connectivity index (χ2v) is 8.62. The predicted molar refractivity (Wildman–Crippen MR) is 125 cm³/mol. The van der Waals surface area contributed by atoms with Crippen molar-refractivity contribution in [3.63, 3.8) is 0 Å². The average molecular weight is 507 g/mol. The maximum absolute atomic E-state index is 12.4. The molecule has 0 radical (unpaired) electrons. The number of halogens is 1. The lowest BCUT2D eigenvalue weighted by molar-refractivity contribution is -0.139. The smallest absolute Gasteiger partial charge is 0.341 e. The Hall–Kier alpha value is -2.65. The molecule has 1 aliphatic heterocycles. The average Bonchev–Trinajstić information content (AvgIpc) is 3.06. The largest absolute Gasteiger partial charge is 0.490 e. The molecule has 1 amide bonds. The number of hydrogen-bond donors (Lipinski definition) is 3. The summed E-state index contributed by atoms with van der Waals surface area (Å²) in [5.41, 5.74) is 2.63. The van der Waals surface area contributed by atoms with Crippen LogP contribution in [0.5, 0.6) is 11.5 Å². The molecule has 1 aliphatic rings. The molecule has 0 bridgehead atoms. The number of aliphatic carboxylic acids is 1. The molecule has 0 aromatic heterocycles. The molecule has 3 rings (SSSR count). The van der Waals surface area contributed by atoms with Gasteiger partial charge in [-0.1, -0.05) is 30.8 Å². The number of benzene rings is 2. The molecule has 3 N–H and O–H groups in total. The van der Waals surface area contributed by atoms with Gasteiger partial charge in [0.2, 0.25) is 0 Å². The Bertz CT molecular complexity index is 994. The Morgan fingerprint density at radius 2 is 2.00 bits per heavy atom. The van der Waals surface area contributed by atoms with E-state index in [1.54, 1.807) is 18.2 Å². The first-order chi connectivity index (χ1) is 14.9. The second kappa shape index (κ2) is 10.6. The summed E-state index contributed by atoms with van der Waals surface area (Å²) in [5.74, 6) is -0.542. The van der Waals surface area contributed by atoms with Crippen LogP contribution in [0, 0.1) is 0 Å². The molecule has 0 saturated carbocycles. The van der Waals surface area contributed by atoms with E-state index in [1.165, 1.54) is 17.3 Å². The molecule has 1 atom stereocenters. The molecule has 2 aromatic carbocycles. The molecule has 2 aromatic rings. The summed E-state index contributed by atoms with van der Waals surface area (Å²) in [7, 11) is 0. The second-order valence-electron chi connectivity index (χ2n) is 6.62. The first-order valence-corrected chi connectivity index (χ1v) is 11.4. The lowest BCUT2D eigenvalue weighted by Gasteiger charge is -2.14. The molecule has 0 aliphatic carbocycles. The third-order valence-corrected chi connectivity index (χ3v) is 5.98. The quantitative estimate of drug-likeness (QED) is 0.431. The first kappa shape index (κ1) is 23.0. The van der Waals surface area contributed by atoms with Gasteiger partial charge >= 0.3 is 5.97 Å². The molecule has 1 saturated heterocycles. The van der Waals surface area contributed by atoms with Crippen molar-refractivity contribution in [3.8, 4) is 11.5 Å². The van der Waals surface area contributed by atoms with Crippen LogP contribution in [-0.4, -0.2) is 35.7 Å². The predicted octanol–water partition coefficient (Wildman–Crippen LogP) is 4.47. The van der Waals surface area contributed by atoms with E-state index in [4.69, 9.17) is 14.6 Å². The zero-order valence-corrected chi connectivity index (χ0v) is 19.5. The van der Waals surface area contributed by atoms with Crippen molar-refractivity contribution in [2.75, 3.05) is 18.5 Å². The maximum atomic E-state index is 12.4. The van der Waals surface area contributed by atoms with Crippen molar-refractivity contribution in [2.45, 2.75) is 25.8 Å². The number of thioether (sulfide) groups is 1. The standard InChI is InChI=1S/C22H23BrN2O5S/c1-3-13-5-7-15(8-6-13)24-22-25-21(28)18(31-22)11-14-9-16(23)20(30-12-19(26)27)17(10-14)29-4-2/h5-11,22,24H,3-4,12H2,1-2H3,(H,25,28)(H,26,27)/b18-11-/t22-/m1/s1. The molecule has 9 heteroatoms. The third-order valence-electron chi connectivity index (χ3n) is 4.36. The van der Waals surface area contributed by atoms with Gasteiger partial charge in [-0.05, 0) is 70.7 Å². The van der Waals surface area contributed by atoms with Gasteiger partial charge in [-0.15, -0.1) is 0 Å². The summed E-state index contributed by atoms with van der Waals surface area (Å²) in [6.07, 6.45) is 2.73. The summed E-state index contributed by atoms with van der Waals surface area (Å²) >= 11 is 4.79. The number of anilines is 1.